The zero-order valence-electron chi connectivity index (χ0n) is 17.6. The maximum atomic E-state index is 14.5. The van der Waals surface area contributed by atoms with Gasteiger partial charge in [0.05, 0.1) is 6.20 Å². The quantitative estimate of drug-likeness (QED) is 0.425. The second kappa shape index (κ2) is 9.02. The van der Waals surface area contributed by atoms with Crippen LogP contribution in [0.4, 0.5) is 10.2 Å². The molecule has 2 unspecified atom stereocenters. The number of aliphatic hydroxyl groups is 1. The van der Waals surface area contributed by atoms with E-state index < -0.39 is 12.0 Å². The third-order valence-electron chi connectivity index (χ3n) is 6.03. The van der Waals surface area contributed by atoms with E-state index in [4.69, 9.17) is 0 Å². The Morgan fingerprint density at radius 3 is 2.91 bits per heavy atom. The summed E-state index contributed by atoms with van der Waals surface area (Å²) in [6, 6.07) is 13.5. The van der Waals surface area contributed by atoms with Gasteiger partial charge in [0.2, 0.25) is 0 Å². The lowest BCUT2D eigenvalue weighted by Crippen LogP contribution is -2.45. The van der Waals surface area contributed by atoms with Crippen LogP contribution in [0.15, 0.2) is 61.1 Å². The average molecular weight is 433 g/mol. The van der Waals surface area contributed by atoms with Gasteiger partial charge >= 0.3 is 0 Å². The van der Waals surface area contributed by atoms with Crippen LogP contribution < -0.4 is 5.32 Å². The Balaban J connectivity index is 1.35. The SMILES string of the molecule is OC(c1ccccc1)N1CCCCC1CNc1nc(-c2c[nH]c3ncccc23)ncc1F. The predicted molar refractivity (Wildman–Crippen MR) is 121 cm³/mol. The number of benzene rings is 1. The minimum absolute atomic E-state index is 0.0639. The summed E-state index contributed by atoms with van der Waals surface area (Å²) >= 11 is 0. The number of aromatic amines is 1. The number of H-pyrrole nitrogens is 1. The van der Waals surface area contributed by atoms with Crippen molar-refractivity contribution in [1.29, 1.82) is 0 Å². The van der Waals surface area contributed by atoms with E-state index in [1.54, 1.807) is 12.4 Å². The number of nitrogens with one attached hydrogen (secondary N) is 2. The van der Waals surface area contributed by atoms with Gasteiger partial charge in [-0.25, -0.2) is 19.3 Å². The van der Waals surface area contributed by atoms with Gasteiger partial charge in [-0.15, -0.1) is 0 Å². The Labute approximate surface area is 185 Å². The molecule has 1 aromatic carbocycles. The standard InChI is InChI=1S/C24H25FN6O/c25-20-15-29-22(19-14-28-21-18(19)10-6-11-26-21)30-23(20)27-13-17-9-4-5-12-31(17)24(32)16-7-2-1-3-8-16/h1-3,6-8,10-11,14-15,17,24,32H,4-5,9,12-13H2,(H,26,28)(H,27,29,30). The number of aromatic nitrogens is 4. The molecule has 4 heterocycles. The van der Waals surface area contributed by atoms with E-state index in [0.29, 0.717) is 12.4 Å². The van der Waals surface area contributed by atoms with Crippen molar-refractivity contribution in [2.45, 2.75) is 31.5 Å². The average Bonchev–Trinajstić information content (AvgIpc) is 3.28. The highest BCUT2D eigenvalue weighted by Crippen LogP contribution is 2.28. The van der Waals surface area contributed by atoms with E-state index in [2.05, 4.69) is 30.2 Å². The van der Waals surface area contributed by atoms with E-state index in [0.717, 1.165) is 48.0 Å². The van der Waals surface area contributed by atoms with Crippen LogP contribution in [-0.4, -0.2) is 49.1 Å². The maximum Gasteiger partial charge on any atom is 0.183 e. The molecule has 7 nitrogen and oxygen atoms in total. The molecule has 0 aliphatic carbocycles. The third kappa shape index (κ3) is 4.06. The molecule has 8 heteroatoms. The molecular formula is C24H25FN6O. The predicted octanol–water partition coefficient (Wildman–Crippen LogP) is 4.12. The number of rotatable bonds is 6. The topological polar surface area (TPSA) is 90.0 Å². The molecule has 0 bridgehead atoms. The van der Waals surface area contributed by atoms with Crippen molar-refractivity contribution in [3.63, 3.8) is 0 Å². The molecule has 5 rings (SSSR count). The largest absolute Gasteiger partial charge is 0.374 e. The zero-order valence-corrected chi connectivity index (χ0v) is 17.6. The molecule has 0 radical (unpaired) electrons. The lowest BCUT2D eigenvalue weighted by molar-refractivity contribution is -0.0394. The summed E-state index contributed by atoms with van der Waals surface area (Å²) in [5.41, 5.74) is 2.37. The number of nitrogens with zero attached hydrogens (tertiary/aromatic N) is 4. The van der Waals surface area contributed by atoms with E-state index in [9.17, 15) is 9.50 Å². The fraction of sp³-hybridized carbons (Fsp3) is 0.292. The molecule has 3 aromatic heterocycles. The molecule has 0 saturated carbocycles. The van der Waals surface area contributed by atoms with E-state index in [-0.39, 0.29) is 11.9 Å². The second-order valence-electron chi connectivity index (χ2n) is 8.04. The first kappa shape index (κ1) is 20.5. The Morgan fingerprint density at radius 2 is 2.03 bits per heavy atom. The minimum atomic E-state index is -0.687. The van der Waals surface area contributed by atoms with Crippen LogP contribution >= 0.6 is 0 Å². The highest BCUT2D eigenvalue weighted by molar-refractivity contribution is 5.91. The van der Waals surface area contributed by atoms with Crippen molar-refractivity contribution < 1.29 is 9.50 Å². The van der Waals surface area contributed by atoms with Crippen LogP contribution in [0, 0.1) is 5.82 Å². The lowest BCUT2D eigenvalue weighted by atomic mass is 10.00. The normalized spacial score (nSPS) is 18.0. The van der Waals surface area contributed by atoms with Crippen LogP contribution in [0.2, 0.25) is 0 Å². The van der Waals surface area contributed by atoms with Crippen LogP contribution in [0.5, 0.6) is 0 Å². The number of hydrogen-bond acceptors (Lipinski definition) is 6. The summed E-state index contributed by atoms with van der Waals surface area (Å²) in [5, 5.41) is 15.0. The van der Waals surface area contributed by atoms with Crippen molar-refractivity contribution in [2.75, 3.05) is 18.4 Å². The van der Waals surface area contributed by atoms with Gasteiger partial charge in [-0.2, -0.15) is 0 Å². The number of piperidine rings is 1. The Morgan fingerprint density at radius 1 is 1.16 bits per heavy atom. The van der Waals surface area contributed by atoms with Gasteiger partial charge in [-0.1, -0.05) is 36.8 Å². The first-order chi connectivity index (χ1) is 15.7. The zero-order chi connectivity index (χ0) is 21.9. The number of pyridine rings is 1. The fourth-order valence-corrected chi connectivity index (χ4v) is 4.36. The van der Waals surface area contributed by atoms with Crippen LogP contribution in [0.1, 0.15) is 31.1 Å². The highest BCUT2D eigenvalue weighted by Gasteiger charge is 2.28. The van der Waals surface area contributed by atoms with Crippen molar-refractivity contribution >= 4 is 16.9 Å². The van der Waals surface area contributed by atoms with E-state index in [1.165, 1.54) is 6.20 Å². The maximum absolute atomic E-state index is 14.5. The van der Waals surface area contributed by atoms with Gasteiger partial charge in [0.1, 0.15) is 11.9 Å². The van der Waals surface area contributed by atoms with Crippen molar-refractivity contribution in [2.24, 2.45) is 0 Å². The lowest BCUT2D eigenvalue weighted by Gasteiger charge is -2.39. The Kier molecular flexibility index (Phi) is 5.79. The smallest absolute Gasteiger partial charge is 0.183 e. The summed E-state index contributed by atoms with van der Waals surface area (Å²) in [5.74, 6) is 0.0867. The Bertz CT molecular complexity index is 1200. The number of anilines is 1. The number of halogens is 1. The first-order valence-corrected chi connectivity index (χ1v) is 10.9. The molecule has 1 aliphatic rings. The molecule has 1 fully saturated rings. The molecule has 3 N–H and O–H groups in total. The summed E-state index contributed by atoms with van der Waals surface area (Å²) in [7, 11) is 0. The summed E-state index contributed by atoms with van der Waals surface area (Å²) in [6.07, 6.45) is 7.02. The number of hydrogen-bond donors (Lipinski definition) is 3. The molecule has 164 valence electrons. The van der Waals surface area contributed by atoms with Crippen LogP contribution in [0.25, 0.3) is 22.4 Å². The van der Waals surface area contributed by atoms with Crippen LogP contribution in [-0.2, 0) is 0 Å². The summed E-state index contributed by atoms with van der Waals surface area (Å²) in [6.45, 7) is 1.27. The fourth-order valence-electron chi connectivity index (χ4n) is 4.36. The molecule has 4 aromatic rings. The van der Waals surface area contributed by atoms with Crippen molar-refractivity contribution in [3.8, 4) is 11.4 Å². The van der Waals surface area contributed by atoms with E-state index in [1.807, 2.05) is 42.5 Å². The van der Waals surface area contributed by atoms with Crippen molar-refractivity contribution in [1.82, 2.24) is 24.8 Å². The van der Waals surface area contributed by atoms with E-state index >= 15 is 0 Å². The monoisotopic (exact) mass is 432 g/mol. The van der Waals surface area contributed by atoms with Gasteiger partial charge in [0.15, 0.2) is 17.5 Å². The number of fused-ring (bicyclic) bond motifs is 1. The molecule has 0 amide bonds. The van der Waals surface area contributed by atoms with Gasteiger partial charge < -0.3 is 15.4 Å². The highest BCUT2D eigenvalue weighted by atomic mass is 19.1. The number of likely N-dealkylation sites (tertiary alicyclic amines) is 1. The van der Waals surface area contributed by atoms with Gasteiger partial charge in [0.25, 0.3) is 0 Å². The minimum Gasteiger partial charge on any atom is -0.374 e. The van der Waals surface area contributed by atoms with Gasteiger partial charge in [-0.05, 0) is 30.5 Å². The third-order valence-corrected chi connectivity index (χ3v) is 6.03. The molecule has 1 saturated heterocycles. The summed E-state index contributed by atoms with van der Waals surface area (Å²) in [4.78, 5) is 18.1. The summed E-state index contributed by atoms with van der Waals surface area (Å²) < 4.78 is 14.5. The Hall–Kier alpha value is -3.36. The molecule has 32 heavy (non-hydrogen) atoms. The number of aliphatic hydroxyl groups excluding tert-OH is 1. The van der Waals surface area contributed by atoms with Crippen molar-refractivity contribution in [3.05, 3.63) is 72.4 Å². The first-order valence-electron chi connectivity index (χ1n) is 10.9. The molecule has 2 atom stereocenters. The second-order valence-corrected chi connectivity index (χ2v) is 8.04. The molecular weight excluding hydrogens is 407 g/mol. The van der Waals surface area contributed by atoms with Gasteiger partial charge in [-0.3, -0.25) is 4.90 Å². The van der Waals surface area contributed by atoms with Gasteiger partial charge in [0, 0.05) is 42.5 Å². The molecule has 1 aliphatic heterocycles. The molecule has 0 spiro atoms. The van der Waals surface area contributed by atoms with Crippen LogP contribution in [0.3, 0.4) is 0 Å².